The average molecular weight is 278 g/mol. The number of ether oxygens (including phenoxy) is 1. The molecular weight excluding hydrogens is 264 g/mol. The van der Waals surface area contributed by atoms with Crippen LogP contribution in [0.3, 0.4) is 0 Å². The van der Waals surface area contributed by atoms with Gasteiger partial charge in [0.25, 0.3) is 0 Å². The predicted molar refractivity (Wildman–Crippen MR) is 80.8 cm³/mol. The molecule has 3 nitrogen and oxygen atoms in total. The van der Waals surface area contributed by atoms with E-state index in [4.69, 9.17) is 9.15 Å². The van der Waals surface area contributed by atoms with Crippen LogP contribution in [-0.4, -0.2) is 6.29 Å². The molecule has 3 heteroatoms. The number of aryl methyl sites for hydroxylation is 1. The highest BCUT2D eigenvalue weighted by molar-refractivity contribution is 5.74. The van der Waals surface area contributed by atoms with E-state index >= 15 is 0 Å². The van der Waals surface area contributed by atoms with Gasteiger partial charge in [0.1, 0.15) is 17.3 Å². The molecule has 0 aliphatic heterocycles. The van der Waals surface area contributed by atoms with Gasteiger partial charge in [-0.1, -0.05) is 24.3 Å². The summed E-state index contributed by atoms with van der Waals surface area (Å²) in [7, 11) is 0. The topological polar surface area (TPSA) is 39.4 Å². The molecule has 0 bridgehead atoms. The van der Waals surface area contributed by atoms with Gasteiger partial charge in [-0.15, -0.1) is 0 Å². The summed E-state index contributed by atoms with van der Waals surface area (Å²) in [5, 5.41) is 0. The fourth-order valence-electron chi connectivity index (χ4n) is 2.13. The second-order valence-electron chi connectivity index (χ2n) is 4.73. The van der Waals surface area contributed by atoms with Gasteiger partial charge < -0.3 is 9.15 Å². The summed E-state index contributed by atoms with van der Waals surface area (Å²) in [6, 6.07) is 18.8. The maximum atomic E-state index is 10.7. The lowest BCUT2D eigenvalue weighted by Crippen LogP contribution is -1.87. The lowest BCUT2D eigenvalue weighted by Gasteiger charge is -2.10. The Morgan fingerprint density at radius 3 is 2.62 bits per heavy atom. The second-order valence-corrected chi connectivity index (χ2v) is 4.73. The number of carbonyl (C=O) groups excluding carboxylic acids is 1. The van der Waals surface area contributed by atoms with E-state index in [1.807, 2.05) is 55.5 Å². The third-order valence-corrected chi connectivity index (χ3v) is 3.11. The summed E-state index contributed by atoms with van der Waals surface area (Å²) in [6.45, 7) is 2.02. The standard InChI is InChI=1S/C18H14O3/c1-13-5-4-6-14(11-13)20-17-8-3-2-7-16(17)18-10-9-15(12-19)21-18/h2-12H,1H3. The third kappa shape index (κ3) is 2.87. The minimum absolute atomic E-state index is 0.301. The Kier molecular flexibility index (Phi) is 3.56. The summed E-state index contributed by atoms with van der Waals surface area (Å²) in [4.78, 5) is 10.7. The van der Waals surface area contributed by atoms with Crippen molar-refractivity contribution >= 4 is 6.29 Å². The summed E-state index contributed by atoms with van der Waals surface area (Å²) in [5.74, 6) is 2.37. The van der Waals surface area contributed by atoms with Gasteiger partial charge in [-0.25, -0.2) is 0 Å². The van der Waals surface area contributed by atoms with Gasteiger partial charge in [0.2, 0.25) is 0 Å². The zero-order chi connectivity index (χ0) is 14.7. The minimum Gasteiger partial charge on any atom is -0.457 e. The molecule has 2 aromatic carbocycles. The van der Waals surface area contributed by atoms with Crippen molar-refractivity contribution in [2.75, 3.05) is 0 Å². The molecule has 0 radical (unpaired) electrons. The van der Waals surface area contributed by atoms with Gasteiger partial charge in [0.05, 0.1) is 5.56 Å². The average Bonchev–Trinajstić information content (AvgIpc) is 2.97. The Labute approximate surface area is 122 Å². The lowest BCUT2D eigenvalue weighted by atomic mass is 10.1. The Balaban J connectivity index is 1.97. The first-order valence-electron chi connectivity index (χ1n) is 6.65. The first-order valence-corrected chi connectivity index (χ1v) is 6.65. The molecule has 3 rings (SSSR count). The number of aldehydes is 1. The maximum absolute atomic E-state index is 10.7. The summed E-state index contributed by atoms with van der Waals surface area (Å²) >= 11 is 0. The fraction of sp³-hybridized carbons (Fsp3) is 0.0556. The van der Waals surface area contributed by atoms with Crippen LogP contribution >= 0.6 is 0 Å². The van der Waals surface area contributed by atoms with E-state index in [2.05, 4.69) is 0 Å². The molecule has 0 unspecified atom stereocenters. The highest BCUT2D eigenvalue weighted by Crippen LogP contribution is 2.34. The molecule has 0 fully saturated rings. The molecule has 0 atom stereocenters. The van der Waals surface area contributed by atoms with Crippen LogP contribution in [0.5, 0.6) is 11.5 Å². The Morgan fingerprint density at radius 1 is 1.00 bits per heavy atom. The van der Waals surface area contributed by atoms with E-state index in [-0.39, 0.29) is 0 Å². The van der Waals surface area contributed by atoms with Crippen LogP contribution in [0.4, 0.5) is 0 Å². The molecule has 104 valence electrons. The molecular formula is C18H14O3. The van der Waals surface area contributed by atoms with Crippen molar-refractivity contribution in [3.63, 3.8) is 0 Å². The van der Waals surface area contributed by atoms with E-state index in [9.17, 15) is 4.79 Å². The number of hydrogen-bond donors (Lipinski definition) is 0. The fourth-order valence-corrected chi connectivity index (χ4v) is 2.13. The number of para-hydroxylation sites is 1. The summed E-state index contributed by atoms with van der Waals surface area (Å²) in [6.07, 6.45) is 0.688. The van der Waals surface area contributed by atoms with E-state index in [0.29, 0.717) is 23.6 Å². The Hall–Kier alpha value is -2.81. The van der Waals surface area contributed by atoms with Crippen LogP contribution in [-0.2, 0) is 0 Å². The number of benzene rings is 2. The van der Waals surface area contributed by atoms with E-state index < -0.39 is 0 Å². The Bertz CT molecular complexity index is 771. The van der Waals surface area contributed by atoms with Crippen LogP contribution in [0.25, 0.3) is 11.3 Å². The summed E-state index contributed by atoms with van der Waals surface area (Å²) < 4.78 is 11.4. The van der Waals surface area contributed by atoms with Crippen molar-refractivity contribution < 1.29 is 13.9 Å². The van der Waals surface area contributed by atoms with Gasteiger partial charge in [-0.2, -0.15) is 0 Å². The van der Waals surface area contributed by atoms with Crippen molar-refractivity contribution in [1.82, 2.24) is 0 Å². The van der Waals surface area contributed by atoms with E-state index in [0.717, 1.165) is 16.9 Å². The molecule has 1 aromatic heterocycles. The molecule has 21 heavy (non-hydrogen) atoms. The third-order valence-electron chi connectivity index (χ3n) is 3.11. The van der Waals surface area contributed by atoms with E-state index in [1.54, 1.807) is 12.1 Å². The van der Waals surface area contributed by atoms with E-state index in [1.165, 1.54) is 0 Å². The van der Waals surface area contributed by atoms with Gasteiger partial charge >= 0.3 is 0 Å². The van der Waals surface area contributed by atoms with Crippen LogP contribution in [0.2, 0.25) is 0 Å². The zero-order valence-electron chi connectivity index (χ0n) is 11.6. The Morgan fingerprint density at radius 2 is 1.86 bits per heavy atom. The van der Waals surface area contributed by atoms with Crippen molar-refractivity contribution in [3.05, 3.63) is 72.0 Å². The van der Waals surface area contributed by atoms with Crippen molar-refractivity contribution in [2.45, 2.75) is 6.92 Å². The van der Waals surface area contributed by atoms with Crippen LogP contribution in [0.1, 0.15) is 16.1 Å². The van der Waals surface area contributed by atoms with Gasteiger partial charge in [-0.3, -0.25) is 4.79 Å². The first kappa shape index (κ1) is 13.2. The number of rotatable bonds is 4. The predicted octanol–water partition coefficient (Wildman–Crippen LogP) is 4.86. The highest BCUT2D eigenvalue weighted by atomic mass is 16.5. The molecule has 0 spiro atoms. The van der Waals surface area contributed by atoms with Gasteiger partial charge in [0, 0.05) is 0 Å². The van der Waals surface area contributed by atoms with Crippen molar-refractivity contribution in [1.29, 1.82) is 0 Å². The SMILES string of the molecule is Cc1cccc(Oc2ccccc2-c2ccc(C=O)o2)c1. The summed E-state index contributed by atoms with van der Waals surface area (Å²) in [5.41, 5.74) is 1.94. The second kappa shape index (κ2) is 5.67. The molecule has 0 aliphatic carbocycles. The lowest BCUT2D eigenvalue weighted by molar-refractivity contribution is 0.110. The molecule has 0 saturated heterocycles. The molecule has 0 aliphatic rings. The normalized spacial score (nSPS) is 10.3. The van der Waals surface area contributed by atoms with Crippen molar-refractivity contribution in [3.8, 4) is 22.8 Å². The molecule has 0 N–H and O–H groups in total. The quantitative estimate of drug-likeness (QED) is 0.640. The molecule has 0 amide bonds. The molecule has 3 aromatic rings. The largest absolute Gasteiger partial charge is 0.457 e. The number of carbonyl (C=O) groups is 1. The minimum atomic E-state index is 0.301. The maximum Gasteiger partial charge on any atom is 0.185 e. The molecule has 0 saturated carbocycles. The van der Waals surface area contributed by atoms with Crippen molar-refractivity contribution in [2.24, 2.45) is 0 Å². The van der Waals surface area contributed by atoms with Gasteiger partial charge in [-0.05, 0) is 48.9 Å². The number of hydrogen-bond acceptors (Lipinski definition) is 3. The van der Waals surface area contributed by atoms with Crippen LogP contribution < -0.4 is 4.74 Å². The highest BCUT2D eigenvalue weighted by Gasteiger charge is 2.11. The van der Waals surface area contributed by atoms with Gasteiger partial charge in [0.15, 0.2) is 12.0 Å². The zero-order valence-corrected chi connectivity index (χ0v) is 11.6. The molecule has 1 heterocycles. The number of furan rings is 1. The van der Waals surface area contributed by atoms with Crippen LogP contribution in [0.15, 0.2) is 65.1 Å². The first-order chi connectivity index (χ1) is 10.3. The monoisotopic (exact) mass is 278 g/mol. The smallest absolute Gasteiger partial charge is 0.185 e. The van der Waals surface area contributed by atoms with Crippen LogP contribution in [0, 0.1) is 6.92 Å².